The topological polar surface area (TPSA) is 56.5 Å². The van der Waals surface area contributed by atoms with E-state index in [1.807, 2.05) is 60.0 Å². The predicted molar refractivity (Wildman–Crippen MR) is 92.0 cm³/mol. The van der Waals surface area contributed by atoms with Crippen molar-refractivity contribution in [2.45, 2.75) is 13.8 Å². The number of rotatable bonds is 2. The second-order valence-corrected chi connectivity index (χ2v) is 5.60. The molecule has 5 heteroatoms. The first kappa shape index (κ1) is 14.4. The Kier molecular flexibility index (Phi) is 3.27. The third kappa shape index (κ3) is 2.31. The lowest BCUT2D eigenvalue weighted by Gasteiger charge is -2.06. The average Bonchev–Trinajstić information content (AvgIpc) is 3.01. The minimum absolute atomic E-state index is 0.352. The third-order valence-electron chi connectivity index (χ3n) is 3.89. The molecule has 0 spiro atoms. The molecule has 5 nitrogen and oxygen atoms in total. The number of hydrogen-bond donors (Lipinski definition) is 0. The highest BCUT2D eigenvalue weighted by atomic mass is 16.5. The Morgan fingerprint density at radius 1 is 1.04 bits per heavy atom. The van der Waals surface area contributed by atoms with Crippen LogP contribution in [0.3, 0.4) is 0 Å². The van der Waals surface area contributed by atoms with Crippen molar-refractivity contribution in [1.29, 1.82) is 0 Å². The number of ether oxygens (including phenoxy) is 1. The minimum atomic E-state index is -0.352. The Bertz CT molecular complexity index is 1080. The molecule has 0 N–H and O–H groups in total. The summed E-state index contributed by atoms with van der Waals surface area (Å²) in [6.07, 6.45) is 0. The van der Waals surface area contributed by atoms with E-state index < -0.39 is 0 Å². The van der Waals surface area contributed by atoms with Crippen molar-refractivity contribution >= 4 is 22.5 Å². The van der Waals surface area contributed by atoms with Gasteiger partial charge in [-0.1, -0.05) is 24.3 Å². The number of esters is 1. The number of benzene rings is 2. The molecule has 2 heterocycles. The van der Waals surface area contributed by atoms with Gasteiger partial charge in [0.25, 0.3) is 0 Å². The molecule has 0 aliphatic carbocycles. The zero-order valence-corrected chi connectivity index (χ0v) is 13.4. The van der Waals surface area contributed by atoms with Gasteiger partial charge in [0.15, 0.2) is 0 Å². The van der Waals surface area contributed by atoms with Gasteiger partial charge in [-0.2, -0.15) is 5.10 Å². The van der Waals surface area contributed by atoms with Crippen LogP contribution in [0.2, 0.25) is 0 Å². The van der Waals surface area contributed by atoms with Crippen LogP contribution in [0.1, 0.15) is 12.6 Å². The number of para-hydroxylation sites is 3. The van der Waals surface area contributed by atoms with Gasteiger partial charge in [0.2, 0.25) is 0 Å². The Hall–Kier alpha value is -3.21. The van der Waals surface area contributed by atoms with Gasteiger partial charge in [0.1, 0.15) is 5.75 Å². The highest BCUT2D eigenvalue weighted by molar-refractivity contribution is 5.82. The quantitative estimate of drug-likeness (QED) is 0.417. The smallest absolute Gasteiger partial charge is 0.308 e. The number of carbonyl (C=O) groups is 1. The first-order valence-corrected chi connectivity index (χ1v) is 7.66. The fourth-order valence-corrected chi connectivity index (χ4v) is 2.85. The molecule has 4 rings (SSSR count). The maximum absolute atomic E-state index is 11.3. The molecule has 118 valence electrons. The summed E-state index contributed by atoms with van der Waals surface area (Å²) < 4.78 is 7.20. The van der Waals surface area contributed by atoms with Gasteiger partial charge in [0.05, 0.1) is 27.9 Å². The van der Waals surface area contributed by atoms with E-state index in [0.29, 0.717) is 5.75 Å². The van der Waals surface area contributed by atoms with Crippen molar-refractivity contribution in [1.82, 2.24) is 14.6 Å². The summed E-state index contributed by atoms with van der Waals surface area (Å²) in [5.41, 5.74) is 5.19. The van der Waals surface area contributed by atoms with Crippen LogP contribution in [0.4, 0.5) is 0 Å². The Morgan fingerprint density at radius 2 is 1.79 bits per heavy atom. The molecule has 0 radical (unpaired) electrons. The van der Waals surface area contributed by atoms with E-state index in [1.165, 1.54) is 6.92 Å². The summed E-state index contributed by atoms with van der Waals surface area (Å²) in [7, 11) is 0. The molecular formula is C19H15N3O2. The molecular weight excluding hydrogens is 302 g/mol. The number of carbonyl (C=O) groups excluding carboxylic acids is 1. The van der Waals surface area contributed by atoms with E-state index in [0.717, 1.165) is 33.5 Å². The summed E-state index contributed by atoms with van der Waals surface area (Å²) in [6.45, 7) is 3.35. The van der Waals surface area contributed by atoms with E-state index in [2.05, 4.69) is 4.98 Å². The molecule has 2 aromatic carbocycles. The van der Waals surface area contributed by atoms with Crippen molar-refractivity contribution in [3.05, 3.63) is 60.3 Å². The summed E-state index contributed by atoms with van der Waals surface area (Å²) in [4.78, 5) is 16.0. The van der Waals surface area contributed by atoms with Crippen LogP contribution in [-0.4, -0.2) is 20.6 Å². The summed E-state index contributed by atoms with van der Waals surface area (Å²) in [5, 5.41) is 4.73. The highest BCUT2D eigenvalue weighted by Gasteiger charge is 2.14. The van der Waals surface area contributed by atoms with Crippen LogP contribution in [0.25, 0.3) is 27.8 Å². The molecule has 2 aromatic heterocycles. The first-order valence-electron chi connectivity index (χ1n) is 7.66. The highest BCUT2D eigenvalue weighted by Crippen LogP contribution is 2.31. The maximum atomic E-state index is 11.3. The number of aromatic nitrogens is 3. The van der Waals surface area contributed by atoms with Gasteiger partial charge in [-0.05, 0) is 37.3 Å². The predicted octanol–water partition coefficient (Wildman–Crippen LogP) is 3.78. The van der Waals surface area contributed by atoms with Gasteiger partial charge in [-0.15, -0.1) is 0 Å². The van der Waals surface area contributed by atoms with Gasteiger partial charge in [-0.3, -0.25) is 4.79 Å². The number of hydrogen-bond acceptors (Lipinski definition) is 4. The van der Waals surface area contributed by atoms with E-state index in [9.17, 15) is 4.79 Å². The molecule has 0 aliphatic heterocycles. The molecule has 0 saturated carbocycles. The van der Waals surface area contributed by atoms with Crippen molar-refractivity contribution in [3.63, 3.8) is 0 Å². The zero-order valence-electron chi connectivity index (χ0n) is 13.4. The largest absolute Gasteiger partial charge is 0.426 e. The zero-order chi connectivity index (χ0) is 16.7. The van der Waals surface area contributed by atoms with Gasteiger partial charge in [-0.25, -0.2) is 9.50 Å². The Morgan fingerprint density at radius 3 is 2.62 bits per heavy atom. The molecule has 0 unspecified atom stereocenters. The van der Waals surface area contributed by atoms with E-state index >= 15 is 0 Å². The third-order valence-corrected chi connectivity index (χ3v) is 3.89. The number of aryl methyl sites for hydroxylation is 1. The molecule has 4 aromatic rings. The van der Waals surface area contributed by atoms with Gasteiger partial charge >= 0.3 is 5.97 Å². The van der Waals surface area contributed by atoms with E-state index in [-0.39, 0.29) is 5.97 Å². The fourth-order valence-electron chi connectivity index (χ4n) is 2.85. The van der Waals surface area contributed by atoms with Crippen molar-refractivity contribution in [2.24, 2.45) is 0 Å². The van der Waals surface area contributed by atoms with Crippen LogP contribution in [0, 0.1) is 6.92 Å². The lowest BCUT2D eigenvalue weighted by molar-refractivity contribution is -0.131. The number of fused-ring (bicyclic) bond motifs is 3. The van der Waals surface area contributed by atoms with Crippen LogP contribution in [-0.2, 0) is 4.79 Å². The van der Waals surface area contributed by atoms with Crippen LogP contribution in [0.5, 0.6) is 5.75 Å². The molecule has 0 amide bonds. The van der Waals surface area contributed by atoms with E-state index in [4.69, 9.17) is 9.84 Å². The number of nitrogens with zero attached hydrogens (tertiary/aromatic N) is 3. The van der Waals surface area contributed by atoms with Gasteiger partial charge < -0.3 is 4.74 Å². The maximum Gasteiger partial charge on any atom is 0.308 e. The normalized spacial score (nSPS) is 11.1. The second kappa shape index (κ2) is 5.45. The standard InChI is InChI=1S/C19H15N3O2/c1-12-18-11-16(14-7-3-6-10-19(14)24-13(2)23)21-22(18)17-9-5-4-8-15(17)20-12/h3-11H,1-2H3. The summed E-state index contributed by atoms with van der Waals surface area (Å²) >= 11 is 0. The van der Waals surface area contributed by atoms with Crippen LogP contribution < -0.4 is 4.74 Å². The monoisotopic (exact) mass is 317 g/mol. The van der Waals surface area contributed by atoms with Gasteiger partial charge in [0, 0.05) is 12.5 Å². The van der Waals surface area contributed by atoms with Crippen LogP contribution >= 0.6 is 0 Å². The molecule has 0 bridgehead atoms. The molecule has 0 aliphatic rings. The van der Waals surface area contributed by atoms with Crippen molar-refractivity contribution < 1.29 is 9.53 Å². The molecule has 0 fully saturated rings. The first-order chi connectivity index (χ1) is 11.6. The average molecular weight is 317 g/mol. The SMILES string of the molecule is CC(=O)Oc1ccccc1-c1cc2c(C)nc3ccccc3n2n1. The second-order valence-electron chi connectivity index (χ2n) is 5.60. The van der Waals surface area contributed by atoms with Crippen LogP contribution in [0.15, 0.2) is 54.6 Å². The molecule has 0 saturated heterocycles. The van der Waals surface area contributed by atoms with Crippen molar-refractivity contribution in [2.75, 3.05) is 0 Å². The molecule has 24 heavy (non-hydrogen) atoms. The van der Waals surface area contributed by atoms with E-state index in [1.54, 1.807) is 6.07 Å². The summed E-state index contributed by atoms with van der Waals surface area (Å²) in [5.74, 6) is 0.151. The molecule has 0 atom stereocenters. The lowest BCUT2D eigenvalue weighted by Crippen LogP contribution is -2.02. The Balaban J connectivity index is 1.98. The van der Waals surface area contributed by atoms with Crippen molar-refractivity contribution in [3.8, 4) is 17.0 Å². The lowest BCUT2D eigenvalue weighted by atomic mass is 10.1. The Labute approximate surface area is 138 Å². The minimum Gasteiger partial charge on any atom is -0.426 e. The fraction of sp³-hybridized carbons (Fsp3) is 0.105. The summed E-state index contributed by atoms with van der Waals surface area (Å²) in [6, 6.07) is 17.2.